The average molecular weight is 473 g/mol. The second-order valence-corrected chi connectivity index (χ2v) is 9.86. The van der Waals surface area contributed by atoms with E-state index in [0.717, 1.165) is 12.0 Å². The fraction of sp³-hybridized carbons (Fsp3) is 0.292. The molecule has 0 atom stereocenters. The molecule has 1 saturated heterocycles. The first-order valence-corrected chi connectivity index (χ1v) is 12.1. The van der Waals surface area contributed by atoms with E-state index in [2.05, 4.69) is 13.8 Å². The number of nitrogens with zero attached hydrogens (tertiary/aromatic N) is 1. The van der Waals surface area contributed by atoms with Crippen molar-refractivity contribution in [1.82, 2.24) is 4.72 Å². The summed E-state index contributed by atoms with van der Waals surface area (Å²) in [4.78, 5) is 11.8. The van der Waals surface area contributed by atoms with Gasteiger partial charge >= 0.3 is 10.2 Å². The second-order valence-electron chi connectivity index (χ2n) is 8.26. The van der Waals surface area contributed by atoms with Crippen molar-refractivity contribution in [3.8, 4) is 11.5 Å². The lowest BCUT2D eigenvalue weighted by Crippen LogP contribution is -2.30. The van der Waals surface area contributed by atoms with E-state index in [1.807, 2.05) is 35.1 Å². The summed E-state index contributed by atoms with van der Waals surface area (Å²) in [5, 5.41) is 0.694. The minimum Gasteiger partial charge on any atom is -0.494 e. The van der Waals surface area contributed by atoms with Crippen LogP contribution in [-0.4, -0.2) is 27.5 Å². The van der Waals surface area contributed by atoms with Gasteiger partial charge in [-0.15, -0.1) is 0 Å². The Morgan fingerprint density at radius 2 is 1.85 bits per heavy atom. The molecule has 1 aliphatic heterocycles. The molecule has 3 aromatic rings. The third kappa shape index (κ3) is 5.03. The third-order valence-corrected chi connectivity index (χ3v) is 6.64. The van der Waals surface area contributed by atoms with E-state index < -0.39 is 28.5 Å². The van der Waals surface area contributed by atoms with Crippen molar-refractivity contribution in [2.45, 2.75) is 26.9 Å². The van der Waals surface area contributed by atoms with E-state index >= 15 is 4.39 Å². The van der Waals surface area contributed by atoms with Gasteiger partial charge in [-0.05, 0) is 41.5 Å². The van der Waals surface area contributed by atoms with Crippen molar-refractivity contribution in [3.05, 3.63) is 66.0 Å². The van der Waals surface area contributed by atoms with Crippen LogP contribution in [-0.2, 0) is 21.6 Å². The molecule has 7 nitrogen and oxygen atoms in total. The molecular weight excluding hydrogens is 447 g/mol. The van der Waals surface area contributed by atoms with Crippen LogP contribution < -0.4 is 18.5 Å². The van der Waals surface area contributed by atoms with Gasteiger partial charge < -0.3 is 9.47 Å². The molecule has 0 saturated carbocycles. The van der Waals surface area contributed by atoms with Crippen LogP contribution in [0.3, 0.4) is 0 Å². The summed E-state index contributed by atoms with van der Waals surface area (Å²) in [6, 6.07) is 15.8. The van der Waals surface area contributed by atoms with E-state index in [-0.39, 0.29) is 23.4 Å². The fourth-order valence-corrected chi connectivity index (χ4v) is 4.68. The number of amides is 1. The van der Waals surface area contributed by atoms with E-state index in [1.54, 1.807) is 18.2 Å². The van der Waals surface area contributed by atoms with Crippen LogP contribution >= 0.6 is 0 Å². The van der Waals surface area contributed by atoms with Gasteiger partial charge in [0, 0.05) is 5.39 Å². The largest absolute Gasteiger partial charge is 0.494 e. The molecule has 0 radical (unpaired) electrons. The highest BCUT2D eigenvalue weighted by Gasteiger charge is 2.38. The first-order valence-electron chi connectivity index (χ1n) is 10.6. The Bertz CT molecular complexity index is 1280. The second kappa shape index (κ2) is 9.27. The van der Waals surface area contributed by atoms with Crippen LogP contribution in [0.2, 0.25) is 0 Å². The maximum Gasteiger partial charge on any atom is 0.326 e. The van der Waals surface area contributed by atoms with Gasteiger partial charge in [0.05, 0.1) is 6.61 Å². The third-order valence-electron chi connectivity index (χ3n) is 5.26. The Morgan fingerprint density at radius 3 is 2.52 bits per heavy atom. The van der Waals surface area contributed by atoms with Crippen LogP contribution in [0.1, 0.15) is 25.8 Å². The van der Waals surface area contributed by atoms with Gasteiger partial charge in [-0.1, -0.05) is 50.2 Å². The first-order chi connectivity index (χ1) is 15.7. The number of fused-ring (bicyclic) bond motifs is 1. The minimum absolute atomic E-state index is 0.0254. The predicted octanol–water partition coefficient (Wildman–Crippen LogP) is 4.16. The summed E-state index contributed by atoms with van der Waals surface area (Å²) in [7, 11) is -4.24. The van der Waals surface area contributed by atoms with Crippen molar-refractivity contribution in [2.75, 3.05) is 17.5 Å². The van der Waals surface area contributed by atoms with Crippen LogP contribution in [0.4, 0.5) is 10.1 Å². The standard InChI is InChI=1S/C24H25FN2O5S/c1-16(2)10-11-31-19-9-8-18-12-21(32-15-17-6-4-3-5-7-17)24(23(25)20(18)13-19)27-14-22(28)26-33(27,29)30/h3-9,12-13,16H,10-11,14-15H2,1-2H3,(H,26,28). The SMILES string of the molecule is CC(C)CCOc1ccc2cc(OCc3ccccc3)c(N3CC(=O)NS3(=O)=O)c(F)c2c1. The fourth-order valence-electron chi connectivity index (χ4n) is 3.52. The maximum absolute atomic E-state index is 15.8. The molecule has 3 aromatic carbocycles. The monoisotopic (exact) mass is 472 g/mol. The molecule has 4 rings (SSSR count). The number of benzene rings is 3. The first kappa shape index (κ1) is 22.8. The number of hydrogen-bond donors (Lipinski definition) is 1. The Kier molecular flexibility index (Phi) is 6.42. The lowest BCUT2D eigenvalue weighted by molar-refractivity contribution is -0.117. The Labute approximate surface area is 192 Å². The summed E-state index contributed by atoms with van der Waals surface area (Å²) >= 11 is 0. The lowest BCUT2D eigenvalue weighted by atomic mass is 10.1. The van der Waals surface area contributed by atoms with E-state index in [9.17, 15) is 13.2 Å². The Morgan fingerprint density at radius 1 is 1.09 bits per heavy atom. The molecular formula is C24H25FN2O5S. The molecule has 0 unspecified atom stereocenters. The molecule has 1 fully saturated rings. The molecule has 1 aliphatic rings. The van der Waals surface area contributed by atoms with Gasteiger partial charge in [0.2, 0.25) is 0 Å². The number of carbonyl (C=O) groups is 1. The molecule has 1 N–H and O–H groups in total. The highest BCUT2D eigenvalue weighted by Crippen LogP contribution is 2.40. The van der Waals surface area contributed by atoms with Crippen molar-refractivity contribution < 1.29 is 27.1 Å². The number of nitrogens with one attached hydrogen (secondary N) is 1. The summed E-state index contributed by atoms with van der Waals surface area (Å²) < 4.78 is 55.0. The van der Waals surface area contributed by atoms with E-state index in [4.69, 9.17) is 9.47 Å². The smallest absolute Gasteiger partial charge is 0.326 e. The van der Waals surface area contributed by atoms with Crippen molar-refractivity contribution in [2.24, 2.45) is 5.92 Å². The van der Waals surface area contributed by atoms with Gasteiger partial charge in [0.1, 0.15) is 30.3 Å². The van der Waals surface area contributed by atoms with Gasteiger partial charge in [0.25, 0.3) is 5.91 Å². The number of halogens is 1. The van der Waals surface area contributed by atoms with E-state index in [1.165, 1.54) is 6.07 Å². The van der Waals surface area contributed by atoms with Gasteiger partial charge in [-0.3, -0.25) is 4.79 Å². The molecule has 0 aliphatic carbocycles. The Balaban J connectivity index is 1.76. The lowest BCUT2D eigenvalue weighted by Gasteiger charge is -2.21. The number of ether oxygens (including phenoxy) is 2. The molecule has 0 bridgehead atoms. The maximum atomic E-state index is 15.8. The minimum atomic E-state index is -4.24. The van der Waals surface area contributed by atoms with Crippen LogP contribution in [0.5, 0.6) is 11.5 Å². The summed E-state index contributed by atoms with van der Waals surface area (Å²) in [5.41, 5.74) is 0.521. The zero-order valence-corrected chi connectivity index (χ0v) is 19.2. The van der Waals surface area contributed by atoms with Crippen LogP contribution in [0.15, 0.2) is 54.6 Å². The van der Waals surface area contributed by atoms with Crippen molar-refractivity contribution in [3.63, 3.8) is 0 Å². The number of rotatable bonds is 8. The van der Waals surface area contributed by atoms with Crippen molar-refractivity contribution in [1.29, 1.82) is 0 Å². The molecule has 0 spiro atoms. The summed E-state index contributed by atoms with van der Waals surface area (Å²) in [5.74, 6) is -0.579. The molecule has 33 heavy (non-hydrogen) atoms. The molecule has 1 heterocycles. The highest BCUT2D eigenvalue weighted by molar-refractivity contribution is 7.92. The predicted molar refractivity (Wildman–Crippen MR) is 124 cm³/mol. The van der Waals surface area contributed by atoms with Gasteiger partial charge in [-0.2, -0.15) is 8.42 Å². The van der Waals surface area contributed by atoms with Gasteiger partial charge in [-0.25, -0.2) is 13.4 Å². The normalized spacial score (nSPS) is 15.2. The summed E-state index contributed by atoms with van der Waals surface area (Å²) in [6.45, 7) is 4.22. The zero-order chi connectivity index (χ0) is 23.6. The highest BCUT2D eigenvalue weighted by atomic mass is 32.2. The number of carbonyl (C=O) groups excluding carboxylic acids is 1. The van der Waals surface area contributed by atoms with Crippen LogP contribution in [0.25, 0.3) is 10.8 Å². The molecule has 0 aromatic heterocycles. The van der Waals surface area contributed by atoms with Crippen molar-refractivity contribution >= 4 is 32.6 Å². The van der Waals surface area contributed by atoms with Gasteiger partial charge in [0.15, 0.2) is 5.82 Å². The quantitative estimate of drug-likeness (QED) is 0.532. The molecule has 9 heteroatoms. The summed E-state index contributed by atoms with van der Waals surface area (Å²) in [6.07, 6.45) is 0.845. The van der Waals surface area contributed by atoms with E-state index in [0.29, 0.717) is 28.0 Å². The molecule has 174 valence electrons. The Hall–Kier alpha value is -3.33. The number of anilines is 1. The van der Waals surface area contributed by atoms with Crippen LogP contribution in [0, 0.1) is 11.7 Å². The molecule has 1 amide bonds. The zero-order valence-electron chi connectivity index (χ0n) is 18.4. The number of hydrogen-bond acceptors (Lipinski definition) is 5. The topological polar surface area (TPSA) is 84.9 Å². The average Bonchev–Trinajstić information content (AvgIpc) is 3.04.